The van der Waals surface area contributed by atoms with Crippen LogP contribution in [0.3, 0.4) is 0 Å². The number of aliphatic carboxylic acids is 2. The fourth-order valence-corrected chi connectivity index (χ4v) is 4.43. The molecule has 1 saturated heterocycles. The summed E-state index contributed by atoms with van der Waals surface area (Å²) in [6, 6.07) is 14.6. The summed E-state index contributed by atoms with van der Waals surface area (Å²) in [6.45, 7) is 5.08. The lowest BCUT2D eigenvalue weighted by Crippen LogP contribution is -2.53. The summed E-state index contributed by atoms with van der Waals surface area (Å²) in [5.41, 5.74) is -2.99. The molecule has 0 bridgehead atoms. The topological polar surface area (TPSA) is 114 Å². The zero-order valence-corrected chi connectivity index (χ0v) is 26.3. The molecule has 0 aliphatic carbocycles. The van der Waals surface area contributed by atoms with Crippen LogP contribution < -0.4 is 0 Å². The molecule has 0 spiro atoms. The second-order valence-electron chi connectivity index (χ2n) is 10.6. The maximum atomic E-state index is 13.1. The van der Waals surface area contributed by atoms with E-state index in [-0.39, 0.29) is 0 Å². The molecule has 0 atom stereocenters. The van der Waals surface area contributed by atoms with E-state index in [2.05, 4.69) is 14.8 Å². The quantitative estimate of drug-likeness (QED) is 0.177. The highest BCUT2D eigenvalue weighted by Crippen LogP contribution is 2.50. The lowest BCUT2D eigenvalue weighted by Gasteiger charge is -2.34. The molecule has 2 heterocycles. The predicted octanol–water partition coefficient (Wildman–Crippen LogP) is 7.30. The third-order valence-corrected chi connectivity index (χ3v) is 7.18. The molecule has 3 N–H and O–H groups in total. The summed E-state index contributed by atoms with van der Waals surface area (Å²) in [5.74, 6) is -5.51. The van der Waals surface area contributed by atoms with E-state index in [1.807, 2.05) is 18.2 Å². The molecule has 1 aromatic heterocycles. The van der Waals surface area contributed by atoms with Gasteiger partial charge in [-0.05, 0) is 28.3 Å². The first-order valence-corrected chi connectivity index (χ1v) is 14.3. The monoisotopic (exact) mass is 771 g/mol. The average Bonchev–Trinajstić information content (AvgIpc) is 3.02. The van der Waals surface area contributed by atoms with Crippen LogP contribution in [0.5, 0.6) is 0 Å². The largest absolute Gasteiger partial charge is 0.490 e. The van der Waals surface area contributed by atoms with Gasteiger partial charge in [-0.25, -0.2) is 14.6 Å². The Labute approximate surface area is 285 Å². The van der Waals surface area contributed by atoms with E-state index in [0.29, 0.717) is 28.4 Å². The maximum Gasteiger partial charge on any atom is 0.490 e. The summed E-state index contributed by atoms with van der Waals surface area (Å²) in [7, 11) is 0. The van der Waals surface area contributed by atoms with Crippen LogP contribution in [-0.4, -0.2) is 92.9 Å². The molecular formula is C30H26ClF12N3O5. The fourth-order valence-electron chi connectivity index (χ4n) is 4.32. The molecule has 0 radical (unpaired) electrons. The summed E-state index contributed by atoms with van der Waals surface area (Å²) < 4.78 is 142. The Morgan fingerprint density at radius 1 is 0.608 bits per heavy atom. The minimum absolute atomic E-state index is 0.437. The van der Waals surface area contributed by atoms with Gasteiger partial charge in [-0.3, -0.25) is 9.80 Å². The summed E-state index contributed by atoms with van der Waals surface area (Å²) in [5, 5.41) is 24.3. The van der Waals surface area contributed by atoms with E-state index in [1.165, 1.54) is 0 Å². The van der Waals surface area contributed by atoms with E-state index in [9.17, 15) is 57.8 Å². The number of piperazine rings is 1. The number of benzene rings is 2. The second-order valence-corrected chi connectivity index (χ2v) is 11.0. The Balaban J connectivity index is 0.000000543. The molecule has 4 rings (SSSR count). The number of alkyl halides is 12. The Morgan fingerprint density at radius 2 is 0.941 bits per heavy atom. The molecule has 1 aliphatic heterocycles. The van der Waals surface area contributed by atoms with Gasteiger partial charge in [0.1, 0.15) is 5.15 Å². The minimum atomic E-state index is -5.91. The van der Waals surface area contributed by atoms with Crippen LogP contribution in [0.15, 0.2) is 66.9 Å². The van der Waals surface area contributed by atoms with E-state index in [1.54, 1.807) is 24.4 Å². The number of nitrogens with zero attached hydrogens (tertiary/aromatic N) is 3. The van der Waals surface area contributed by atoms with Crippen LogP contribution in [0.4, 0.5) is 52.7 Å². The van der Waals surface area contributed by atoms with Crippen molar-refractivity contribution in [3.63, 3.8) is 0 Å². The van der Waals surface area contributed by atoms with Gasteiger partial charge in [-0.15, -0.1) is 0 Å². The number of hydrogen-bond acceptors (Lipinski definition) is 6. The van der Waals surface area contributed by atoms with Crippen LogP contribution in [0.2, 0.25) is 5.15 Å². The molecule has 21 heteroatoms. The zero-order chi connectivity index (χ0) is 39.0. The first-order chi connectivity index (χ1) is 23.3. The summed E-state index contributed by atoms with van der Waals surface area (Å²) in [4.78, 5) is 26.6. The molecule has 2 aromatic carbocycles. The van der Waals surface area contributed by atoms with Crippen molar-refractivity contribution in [1.82, 2.24) is 14.8 Å². The molecule has 1 aliphatic rings. The van der Waals surface area contributed by atoms with Crippen molar-refractivity contribution in [2.75, 3.05) is 26.2 Å². The molecule has 8 nitrogen and oxygen atoms in total. The third-order valence-electron chi connectivity index (χ3n) is 6.96. The van der Waals surface area contributed by atoms with Gasteiger partial charge in [-0.1, -0.05) is 66.2 Å². The van der Waals surface area contributed by atoms with Crippen molar-refractivity contribution in [2.45, 2.75) is 43.4 Å². The third kappa shape index (κ3) is 12.5. The van der Waals surface area contributed by atoms with Crippen molar-refractivity contribution in [2.24, 2.45) is 0 Å². The Kier molecular flexibility index (Phi) is 14.3. The molecular weight excluding hydrogens is 746 g/mol. The molecule has 0 saturated carbocycles. The normalized spacial score (nSPS) is 14.9. The highest BCUT2D eigenvalue weighted by molar-refractivity contribution is 6.29. The van der Waals surface area contributed by atoms with Crippen molar-refractivity contribution >= 4 is 23.5 Å². The average molecular weight is 772 g/mol. The molecule has 3 aromatic rings. The Morgan fingerprint density at radius 3 is 1.25 bits per heavy atom. The van der Waals surface area contributed by atoms with Gasteiger partial charge in [0, 0.05) is 51.0 Å². The minimum Gasteiger partial charge on any atom is -0.475 e. The molecule has 51 heavy (non-hydrogen) atoms. The Hall–Kier alpha value is -4.14. The maximum absolute atomic E-state index is 13.1. The van der Waals surface area contributed by atoms with E-state index >= 15 is 0 Å². The number of aromatic nitrogens is 1. The van der Waals surface area contributed by atoms with E-state index in [0.717, 1.165) is 62.5 Å². The van der Waals surface area contributed by atoms with Crippen molar-refractivity contribution in [3.8, 4) is 11.1 Å². The number of pyridine rings is 1. The van der Waals surface area contributed by atoms with Crippen LogP contribution >= 0.6 is 11.6 Å². The van der Waals surface area contributed by atoms with Crippen molar-refractivity contribution < 1.29 is 77.6 Å². The highest BCUT2D eigenvalue weighted by atomic mass is 35.5. The van der Waals surface area contributed by atoms with E-state index < -0.39 is 47.8 Å². The summed E-state index contributed by atoms with van der Waals surface area (Å²) in [6.07, 6.45) is -20.2. The number of carboxylic acids is 2. The molecule has 0 unspecified atom stereocenters. The highest BCUT2D eigenvalue weighted by Gasteiger charge is 2.71. The number of carbonyl (C=O) groups is 2. The SMILES string of the molecule is O=C(O)C(F)(F)F.O=C(O)C(F)(F)F.OC(c1ccc(-c2ccc(CN3CCN(Cc4ccc(Cl)nc4)CC3)cc2)cc1)(C(F)(F)F)C(F)(F)F. The predicted molar refractivity (Wildman–Crippen MR) is 155 cm³/mol. The van der Waals surface area contributed by atoms with Gasteiger partial charge < -0.3 is 15.3 Å². The smallest absolute Gasteiger partial charge is 0.475 e. The number of rotatable bonds is 6. The van der Waals surface area contributed by atoms with Crippen LogP contribution in [0, 0.1) is 0 Å². The van der Waals surface area contributed by atoms with Crippen molar-refractivity contribution in [1.29, 1.82) is 0 Å². The fraction of sp³-hybridized carbons (Fsp3) is 0.367. The van der Waals surface area contributed by atoms with Crippen molar-refractivity contribution in [3.05, 3.63) is 88.7 Å². The van der Waals surface area contributed by atoms with Crippen LogP contribution in [0.25, 0.3) is 11.1 Å². The zero-order valence-electron chi connectivity index (χ0n) is 25.5. The summed E-state index contributed by atoms with van der Waals surface area (Å²) >= 11 is 5.83. The lowest BCUT2D eigenvalue weighted by molar-refractivity contribution is -0.376. The van der Waals surface area contributed by atoms with E-state index in [4.69, 9.17) is 31.4 Å². The standard InChI is InChI=1S/C26H24ClF6N3O.2C2HF3O2/c27-23-10-3-19(15-34-23)17-36-13-11-35(12-14-36)16-18-1-4-20(5-2-18)21-6-8-22(9-7-21)24(37,25(28,29)30)26(31,32)33;2*3-2(4,5)1(6)7/h1-10,15,37H,11-14,16-17H2;2*(H,6,7). The number of aliphatic hydroxyl groups is 1. The van der Waals surface area contributed by atoms with Gasteiger partial charge in [-0.2, -0.15) is 52.7 Å². The first kappa shape index (κ1) is 43.0. The number of carboxylic acid groups (broad SMARTS) is 2. The molecule has 1 fully saturated rings. The van der Waals surface area contributed by atoms with Gasteiger partial charge in [0.25, 0.3) is 5.60 Å². The van der Waals surface area contributed by atoms with Gasteiger partial charge in [0.15, 0.2) is 0 Å². The molecule has 282 valence electrons. The van der Waals surface area contributed by atoms with Gasteiger partial charge in [0.05, 0.1) is 0 Å². The van der Waals surface area contributed by atoms with Crippen LogP contribution in [-0.2, 0) is 28.3 Å². The lowest BCUT2D eigenvalue weighted by atomic mass is 9.90. The van der Waals surface area contributed by atoms with Gasteiger partial charge >= 0.3 is 36.6 Å². The molecule has 0 amide bonds. The number of halogens is 13. The second kappa shape index (κ2) is 16.9. The number of hydrogen-bond donors (Lipinski definition) is 3. The van der Waals surface area contributed by atoms with Gasteiger partial charge in [0.2, 0.25) is 0 Å². The first-order valence-electron chi connectivity index (χ1n) is 14.0. The Bertz CT molecular complexity index is 1530. The van der Waals surface area contributed by atoms with Crippen LogP contribution in [0.1, 0.15) is 16.7 Å².